The molecule has 1 N–H and O–H groups in total. The van der Waals surface area contributed by atoms with Gasteiger partial charge in [-0.3, -0.25) is 0 Å². The fourth-order valence-corrected chi connectivity index (χ4v) is 4.21. The predicted octanol–water partition coefficient (Wildman–Crippen LogP) is 3.65. The van der Waals surface area contributed by atoms with Gasteiger partial charge in [0.1, 0.15) is 5.01 Å². The minimum atomic E-state index is -3.53. The highest BCUT2D eigenvalue weighted by Crippen LogP contribution is 2.26. The fourth-order valence-electron chi connectivity index (χ4n) is 1.52. The summed E-state index contributed by atoms with van der Waals surface area (Å²) in [6.45, 7) is 3.76. The molecule has 0 bridgehead atoms. The fraction of sp³-hybridized carbons (Fsp3) is 0.308. The van der Waals surface area contributed by atoms with E-state index in [1.807, 2.05) is 38.1 Å². The van der Waals surface area contributed by atoms with E-state index in [1.165, 1.54) is 11.3 Å². The smallest absolute Gasteiger partial charge is 0.223 e. The first-order valence-electron chi connectivity index (χ1n) is 6.16. The van der Waals surface area contributed by atoms with Crippen molar-refractivity contribution in [1.82, 2.24) is 9.71 Å². The first kappa shape index (κ1) is 15.6. The van der Waals surface area contributed by atoms with Crippen molar-refractivity contribution in [3.05, 3.63) is 34.1 Å². The molecule has 4 nitrogen and oxygen atoms in total. The second-order valence-electron chi connectivity index (χ2n) is 4.43. The molecule has 1 aromatic heterocycles. The van der Waals surface area contributed by atoms with E-state index < -0.39 is 10.0 Å². The van der Waals surface area contributed by atoms with Crippen molar-refractivity contribution in [3.63, 3.8) is 0 Å². The highest BCUT2D eigenvalue weighted by atomic mass is 79.9. The number of aromatic nitrogens is 1. The Labute approximate surface area is 131 Å². The van der Waals surface area contributed by atoms with Crippen molar-refractivity contribution in [2.45, 2.75) is 31.3 Å². The highest BCUT2D eigenvalue weighted by Gasteiger charge is 2.20. The van der Waals surface area contributed by atoms with Crippen LogP contribution in [0.3, 0.4) is 0 Å². The molecule has 1 unspecified atom stereocenters. The Hall–Kier alpha value is -0.760. The summed E-state index contributed by atoms with van der Waals surface area (Å²) >= 11 is 4.69. The Morgan fingerprint density at radius 1 is 1.35 bits per heavy atom. The lowest BCUT2D eigenvalue weighted by Crippen LogP contribution is -2.32. The zero-order valence-electron chi connectivity index (χ0n) is 11.1. The number of rotatable bonds is 5. The van der Waals surface area contributed by atoms with Crippen LogP contribution in [0.2, 0.25) is 0 Å². The van der Waals surface area contributed by atoms with Crippen molar-refractivity contribution in [2.75, 3.05) is 0 Å². The van der Waals surface area contributed by atoms with Gasteiger partial charge in [0.2, 0.25) is 0 Å². The van der Waals surface area contributed by atoms with Gasteiger partial charge in [0.25, 0.3) is 10.0 Å². The van der Waals surface area contributed by atoms with Gasteiger partial charge in [-0.25, -0.2) is 18.1 Å². The molecule has 20 heavy (non-hydrogen) atoms. The van der Waals surface area contributed by atoms with Gasteiger partial charge in [-0.05, 0) is 25.5 Å². The van der Waals surface area contributed by atoms with E-state index in [-0.39, 0.29) is 11.1 Å². The van der Waals surface area contributed by atoms with Crippen LogP contribution in [0.15, 0.2) is 39.1 Å². The molecule has 0 aliphatic carbocycles. The lowest BCUT2D eigenvalue weighted by Gasteiger charge is -2.09. The molecular weight excluding hydrogens is 360 g/mol. The second-order valence-corrected chi connectivity index (χ2v) is 7.86. The van der Waals surface area contributed by atoms with Gasteiger partial charge in [0, 0.05) is 21.5 Å². The standard InChI is InChI=1S/C13H15BrN2O2S2/c1-3-9(2)16-20(17,18)12-8-19-13(15-12)10-4-6-11(14)7-5-10/h4-9,16H,3H2,1-2H3. The molecule has 1 heterocycles. The molecule has 1 atom stereocenters. The Bertz CT molecular complexity index is 681. The zero-order valence-corrected chi connectivity index (χ0v) is 14.3. The second kappa shape index (κ2) is 6.34. The highest BCUT2D eigenvalue weighted by molar-refractivity contribution is 9.10. The Balaban J connectivity index is 2.27. The minimum Gasteiger partial charge on any atom is -0.223 e. The summed E-state index contributed by atoms with van der Waals surface area (Å²) in [6, 6.07) is 7.52. The molecule has 2 aromatic rings. The molecule has 108 valence electrons. The summed E-state index contributed by atoms with van der Waals surface area (Å²) in [4.78, 5) is 4.22. The summed E-state index contributed by atoms with van der Waals surface area (Å²) in [5, 5.41) is 2.35. The minimum absolute atomic E-state index is 0.0840. The van der Waals surface area contributed by atoms with Crippen LogP contribution in [0.4, 0.5) is 0 Å². The summed E-state index contributed by atoms with van der Waals surface area (Å²) in [6.07, 6.45) is 0.739. The first-order valence-corrected chi connectivity index (χ1v) is 9.31. The van der Waals surface area contributed by atoms with Crippen LogP contribution in [-0.4, -0.2) is 19.4 Å². The van der Waals surface area contributed by atoms with Crippen molar-refractivity contribution >= 4 is 37.3 Å². The lowest BCUT2D eigenvalue weighted by molar-refractivity contribution is 0.553. The number of nitrogens with one attached hydrogen (secondary N) is 1. The number of hydrogen-bond donors (Lipinski definition) is 1. The van der Waals surface area contributed by atoms with E-state index in [2.05, 4.69) is 25.6 Å². The van der Waals surface area contributed by atoms with Gasteiger partial charge < -0.3 is 0 Å². The number of halogens is 1. The number of hydrogen-bond acceptors (Lipinski definition) is 4. The van der Waals surface area contributed by atoms with Crippen LogP contribution in [-0.2, 0) is 10.0 Å². The third kappa shape index (κ3) is 3.66. The van der Waals surface area contributed by atoms with E-state index in [9.17, 15) is 8.42 Å². The molecule has 2 rings (SSSR count). The van der Waals surface area contributed by atoms with Crippen LogP contribution in [0.5, 0.6) is 0 Å². The van der Waals surface area contributed by atoms with E-state index in [1.54, 1.807) is 5.38 Å². The molecule has 0 saturated heterocycles. The maximum atomic E-state index is 12.1. The van der Waals surface area contributed by atoms with Gasteiger partial charge >= 0.3 is 0 Å². The third-order valence-corrected chi connectivity index (χ3v) is 5.86. The number of thiazole rings is 1. The summed E-state index contributed by atoms with van der Waals surface area (Å²) < 4.78 is 27.8. The van der Waals surface area contributed by atoms with Crippen LogP contribution in [0.25, 0.3) is 10.6 Å². The van der Waals surface area contributed by atoms with Crippen LogP contribution in [0, 0.1) is 0 Å². The largest absolute Gasteiger partial charge is 0.259 e. The normalized spacial score (nSPS) is 13.3. The Morgan fingerprint density at radius 3 is 2.60 bits per heavy atom. The van der Waals surface area contributed by atoms with Crippen molar-refractivity contribution in [2.24, 2.45) is 0 Å². The van der Waals surface area contributed by atoms with E-state index in [0.717, 1.165) is 16.5 Å². The average Bonchev–Trinajstić information content (AvgIpc) is 2.89. The van der Waals surface area contributed by atoms with Gasteiger partial charge in [-0.1, -0.05) is 35.0 Å². The average molecular weight is 375 g/mol. The molecule has 0 radical (unpaired) electrons. The summed E-state index contributed by atoms with van der Waals surface area (Å²) in [7, 11) is -3.53. The molecule has 0 saturated carbocycles. The van der Waals surface area contributed by atoms with Crippen LogP contribution >= 0.6 is 27.3 Å². The molecule has 0 fully saturated rings. The Morgan fingerprint density at radius 2 is 2.00 bits per heavy atom. The molecule has 7 heteroatoms. The molecule has 1 aromatic carbocycles. The lowest BCUT2D eigenvalue weighted by atomic mass is 10.2. The van der Waals surface area contributed by atoms with Crippen LogP contribution < -0.4 is 4.72 Å². The SMILES string of the molecule is CCC(C)NS(=O)(=O)c1csc(-c2ccc(Br)cc2)n1. The van der Waals surface area contributed by atoms with Crippen LogP contribution in [0.1, 0.15) is 20.3 Å². The molecule has 0 aliphatic heterocycles. The number of sulfonamides is 1. The van der Waals surface area contributed by atoms with E-state index in [4.69, 9.17) is 0 Å². The molecule has 0 spiro atoms. The third-order valence-electron chi connectivity index (χ3n) is 2.82. The van der Waals surface area contributed by atoms with Gasteiger partial charge in [-0.15, -0.1) is 11.3 Å². The van der Waals surface area contributed by atoms with Crippen molar-refractivity contribution in [1.29, 1.82) is 0 Å². The number of benzene rings is 1. The van der Waals surface area contributed by atoms with E-state index in [0.29, 0.717) is 5.01 Å². The zero-order chi connectivity index (χ0) is 14.8. The maximum Gasteiger partial charge on any atom is 0.259 e. The molecular formula is C13H15BrN2O2S2. The molecule has 0 aliphatic rings. The quantitative estimate of drug-likeness (QED) is 0.868. The molecule has 0 amide bonds. The van der Waals surface area contributed by atoms with E-state index >= 15 is 0 Å². The van der Waals surface area contributed by atoms with Crippen molar-refractivity contribution in [3.8, 4) is 10.6 Å². The summed E-state index contributed by atoms with van der Waals surface area (Å²) in [5.74, 6) is 0. The Kier molecular flexibility index (Phi) is 4.95. The van der Waals surface area contributed by atoms with Gasteiger partial charge in [0.15, 0.2) is 5.03 Å². The summed E-state index contributed by atoms with van der Waals surface area (Å²) in [5.41, 5.74) is 0.906. The predicted molar refractivity (Wildman–Crippen MR) is 85.3 cm³/mol. The first-order chi connectivity index (χ1) is 9.42. The van der Waals surface area contributed by atoms with Gasteiger partial charge in [-0.2, -0.15) is 0 Å². The number of nitrogens with zero attached hydrogens (tertiary/aromatic N) is 1. The van der Waals surface area contributed by atoms with Gasteiger partial charge in [0.05, 0.1) is 0 Å². The monoisotopic (exact) mass is 374 g/mol. The maximum absolute atomic E-state index is 12.1. The van der Waals surface area contributed by atoms with Crippen molar-refractivity contribution < 1.29 is 8.42 Å². The topological polar surface area (TPSA) is 59.1 Å².